The van der Waals surface area contributed by atoms with Crippen LogP contribution in [-0.2, 0) is 4.79 Å². The van der Waals surface area contributed by atoms with Gasteiger partial charge in [-0.25, -0.2) is 0 Å². The Labute approximate surface area is 104 Å². The van der Waals surface area contributed by atoms with Crippen molar-refractivity contribution in [3.63, 3.8) is 0 Å². The Morgan fingerprint density at radius 1 is 1.25 bits per heavy atom. The van der Waals surface area contributed by atoms with Gasteiger partial charge in [0.25, 0.3) is 0 Å². The van der Waals surface area contributed by atoms with E-state index in [2.05, 4.69) is 5.32 Å². The summed E-state index contributed by atoms with van der Waals surface area (Å²) in [6.45, 7) is 1.75. The molecule has 0 saturated heterocycles. The molecule has 0 spiro atoms. The summed E-state index contributed by atoms with van der Waals surface area (Å²) in [5.41, 5.74) is 5.55. The molecule has 2 aliphatic rings. The molecular formula is C12H23ClN2O. The first-order valence-corrected chi connectivity index (χ1v) is 6.22. The molecule has 0 heterocycles. The molecule has 0 radical (unpaired) electrons. The van der Waals surface area contributed by atoms with Gasteiger partial charge < -0.3 is 11.1 Å². The molecule has 0 bridgehead atoms. The Hall–Kier alpha value is -0.280. The van der Waals surface area contributed by atoms with E-state index in [1.165, 1.54) is 32.1 Å². The Balaban J connectivity index is 0.00000128. The molecule has 2 fully saturated rings. The van der Waals surface area contributed by atoms with Gasteiger partial charge in [-0.3, -0.25) is 4.79 Å². The van der Waals surface area contributed by atoms with E-state index in [1.807, 2.05) is 0 Å². The highest BCUT2D eigenvalue weighted by molar-refractivity contribution is 5.85. The number of nitrogens with two attached hydrogens (primary N) is 1. The number of carbonyl (C=O) groups excluding carboxylic acids is 1. The van der Waals surface area contributed by atoms with Crippen molar-refractivity contribution in [2.45, 2.75) is 57.5 Å². The van der Waals surface area contributed by atoms with Gasteiger partial charge in [0, 0.05) is 6.04 Å². The van der Waals surface area contributed by atoms with Crippen molar-refractivity contribution < 1.29 is 4.79 Å². The summed E-state index contributed by atoms with van der Waals surface area (Å²) in [7, 11) is 0. The van der Waals surface area contributed by atoms with Crippen LogP contribution in [0.5, 0.6) is 0 Å². The summed E-state index contributed by atoms with van der Waals surface area (Å²) in [5.74, 6) is 1.84. The lowest BCUT2D eigenvalue weighted by atomic mass is 9.79. The van der Waals surface area contributed by atoms with Gasteiger partial charge in [-0.15, -0.1) is 12.4 Å². The van der Waals surface area contributed by atoms with Crippen LogP contribution < -0.4 is 11.1 Å². The number of halogens is 1. The lowest BCUT2D eigenvalue weighted by molar-refractivity contribution is -0.123. The molecule has 0 aliphatic heterocycles. The van der Waals surface area contributed by atoms with Gasteiger partial charge in [-0.1, -0.05) is 19.3 Å². The van der Waals surface area contributed by atoms with Gasteiger partial charge in [0.15, 0.2) is 0 Å². The molecule has 3 nitrogen and oxygen atoms in total. The summed E-state index contributed by atoms with van der Waals surface area (Å²) >= 11 is 0. The Morgan fingerprint density at radius 2 is 1.94 bits per heavy atom. The van der Waals surface area contributed by atoms with E-state index in [-0.39, 0.29) is 24.4 Å². The number of hydrogen-bond donors (Lipinski definition) is 2. The summed E-state index contributed by atoms with van der Waals surface area (Å²) in [4.78, 5) is 11.5. The molecule has 94 valence electrons. The van der Waals surface area contributed by atoms with Crippen molar-refractivity contribution in [2.24, 2.45) is 17.6 Å². The lowest BCUT2D eigenvalue weighted by Gasteiger charge is -2.32. The van der Waals surface area contributed by atoms with E-state index >= 15 is 0 Å². The van der Waals surface area contributed by atoms with Gasteiger partial charge in [-0.05, 0) is 38.0 Å². The highest BCUT2D eigenvalue weighted by atomic mass is 35.5. The summed E-state index contributed by atoms with van der Waals surface area (Å²) in [6.07, 6.45) is 7.81. The number of carbonyl (C=O) groups is 1. The van der Waals surface area contributed by atoms with E-state index in [4.69, 9.17) is 5.73 Å². The predicted molar refractivity (Wildman–Crippen MR) is 67.5 cm³/mol. The average molecular weight is 247 g/mol. The minimum Gasteiger partial charge on any atom is -0.352 e. The van der Waals surface area contributed by atoms with Gasteiger partial charge in [0.1, 0.15) is 0 Å². The van der Waals surface area contributed by atoms with E-state index in [0.29, 0.717) is 6.04 Å². The molecule has 0 aromatic rings. The van der Waals surface area contributed by atoms with Crippen molar-refractivity contribution >= 4 is 18.3 Å². The third-order valence-electron chi connectivity index (χ3n) is 4.05. The fraction of sp³-hybridized carbons (Fsp3) is 0.917. The fourth-order valence-electron chi connectivity index (χ4n) is 3.17. The van der Waals surface area contributed by atoms with Gasteiger partial charge >= 0.3 is 0 Å². The van der Waals surface area contributed by atoms with Crippen LogP contribution in [0, 0.1) is 11.8 Å². The molecule has 3 N–H and O–H groups in total. The topological polar surface area (TPSA) is 55.1 Å². The lowest BCUT2D eigenvalue weighted by Crippen LogP contribution is -2.46. The van der Waals surface area contributed by atoms with Crippen molar-refractivity contribution in [3.05, 3.63) is 0 Å². The molecule has 1 amide bonds. The largest absolute Gasteiger partial charge is 0.352 e. The quantitative estimate of drug-likeness (QED) is 0.781. The molecule has 0 aromatic heterocycles. The van der Waals surface area contributed by atoms with E-state index in [0.717, 1.165) is 18.3 Å². The van der Waals surface area contributed by atoms with Gasteiger partial charge in [0.05, 0.1) is 6.04 Å². The Bertz CT molecular complexity index is 245. The molecule has 2 saturated carbocycles. The second-order valence-electron chi connectivity index (χ2n) is 5.26. The van der Waals surface area contributed by atoms with E-state index in [9.17, 15) is 4.79 Å². The van der Waals surface area contributed by atoms with Crippen molar-refractivity contribution in [3.8, 4) is 0 Å². The molecule has 3 unspecified atom stereocenters. The average Bonchev–Trinajstić information content (AvgIpc) is 2.64. The smallest absolute Gasteiger partial charge is 0.236 e. The van der Waals surface area contributed by atoms with E-state index in [1.54, 1.807) is 6.92 Å². The highest BCUT2D eigenvalue weighted by Crippen LogP contribution is 2.41. The molecule has 2 aliphatic carbocycles. The van der Waals surface area contributed by atoms with Crippen molar-refractivity contribution in [1.29, 1.82) is 0 Å². The maximum atomic E-state index is 11.5. The van der Waals surface area contributed by atoms with Crippen LogP contribution in [0.4, 0.5) is 0 Å². The monoisotopic (exact) mass is 246 g/mol. The third kappa shape index (κ3) is 3.11. The molecule has 16 heavy (non-hydrogen) atoms. The number of rotatable bonds is 2. The van der Waals surface area contributed by atoms with E-state index < -0.39 is 0 Å². The van der Waals surface area contributed by atoms with Crippen molar-refractivity contribution in [2.75, 3.05) is 0 Å². The van der Waals surface area contributed by atoms with Crippen LogP contribution in [0.2, 0.25) is 0 Å². The van der Waals surface area contributed by atoms with Crippen LogP contribution in [-0.4, -0.2) is 18.0 Å². The molecule has 0 aromatic carbocycles. The second kappa shape index (κ2) is 5.87. The van der Waals surface area contributed by atoms with Crippen LogP contribution in [0.3, 0.4) is 0 Å². The predicted octanol–water partition coefficient (Wildman–Crippen LogP) is 1.84. The Morgan fingerprint density at radius 3 is 2.62 bits per heavy atom. The summed E-state index contributed by atoms with van der Waals surface area (Å²) in [5, 5.41) is 3.07. The minimum atomic E-state index is -0.369. The van der Waals surface area contributed by atoms with Crippen LogP contribution in [0.1, 0.15) is 45.4 Å². The summed E-state index contributed by atoms with van der Waals surface area (Å²) < 4.78 is 0. The zero-order chi connectivity index (χ0) is 10.8. The minimum absolute atomic E-state index is 0. The van der Waals surface area contributed by atoms with Gasteiger partial charge in [-0.2, -0.15) is 0 Å². The molecule has 4 heteroatoms. The normalized spacial score (nSPS) is 34.8. The molecular weight excluding hydrogens is 224 g/mol. The third-order valence-corrected chi connectivity index (χ3v) is 4.05. The van der Waals surface area contributed by atoms with Crippen LogP contribution in [0.25, 0.3) is 0 Å². The number of amides is 1. The van der Waals surface area contributed by atoms with Crippen LogP contribution in [0.15, 0.2) is 0 Å². The summed E-state index contributed by atoms with van der Waals surface area (Å²) in [6, 6.07) is 0.0224. The highest BCUT2D eigenvalue weighted by Gasteiger charge is 2.34. The van der Waals surface area contributed by atoms with Gasteiger partial charge in [0.2, 0.25) is 5.91 Å². The van der Waals surface area contributed by atoms with Crippen molar-refractivity contribution in [1.82, 2.24) is 5.32 Å². The maximum Gasteiger partial charge on any atom is 0.236 e. The first-order valence-electron chi connectivity index (χ1n) is 6.22. The maximum absolute atomic E-state index is 11.5. The zero-order valence-electron chi connectivity index (χ0n) is 9.95. The Kier molecular flexibility index (Phi) is 5.06. The molecule has 4 atom stereocenters. The molecule has 2 rings (SSSR count). The second-order valence-corrected chi connectivity index (χ2v) is 5.26. The first kappa shape index (κ1) is 13.8. The van der Waals surface area contributed by atoms with Crippen LogP contribution >= 0.6 is 12.4 Å². The number of nitrogens with one attached hydrogen (secondary N) is 1. The number of hydrogen-bond acceptors (Lipinski definition) is 2. The first-order chi connectivity index (χ1) is 7.16. The zero-order valence-corrected chi connectivity index (χ0v) is 10.8. The standard InChI is InChI=1S/C12H22N2O.ClH/c1-8(13)12(15)14-11-6-5-9-3-2-4-10(9)7-11;/h8-11H,2-7,13H2,1H3,(H,14,15);1H/t8-,9?,10?,11?;/m0./s1. The number of fused-ring (bicyclic) bond motifs is 1. The fourth-order valence-corrected chi connectivity index (χ4v) is 3.17. The SMILES string of the molecule is C[C@H](N)C(=O)NC1CCC2CCCC2C1.Cl.